The molecule has 0 saturated heterocycles. The zero-order valence-corrected chi connectivity index (χ0v) is 16.1. The molecule has 2 saturated carbocycles. The highest BCUT2D eigenvalue weighted by Gasteiger charge is 2.71. The molecule has 2 heteroatoms. The van der Waals surface area contributed by atoms with Crippen molar-refractivity contribution in [2.24, 2.45) is 22.7 Å². The number of carbonyl (C=O) groups is 1. The van der Waals surface area contributed by atoms with Crippen molar-refractivity contribution in [3.8, 4) is 0 Å². The molecule has 4 atom stereocenters. The van der Waals surface area contributed by atoms with Crippen molar-refractivity contribution in [3.63, 3.8) is 0 Å². The average Bonchev–Trinajstić information content (AvgIpc) is 2.82. The van der Waals surface area contributed by atoms with E-state index in [-0.39, 0.29) is 22.5 Å². The Labute approximate surface area is 143 Å². The van der Waals surface area contributed by atoms with Gasteiger partial charge in [0.1, 0.15) is 5.60 Å². The van der Waals surface area contributed by atoms with Crippen LogP contribution in [0.5, 0.6) is 0 Å². The van der Waals surface area contributed by atoms with E-state index in [1.165, 1.54) is 25.7 Å². The molecule has 2 bridgehead atoms. The van der Waals surface area contributed by atoms with Crippen molar-refractivity contribution in [1.29, 1.82) is 0 Å². The van der Waals surface area contributed by atoms with Gasteiger partial charge in [-0.3, -0.25) is 4.79 Å². The quantitative estimate of drug-likeness (QED) is 0.567. The van der Waals surface area contributed by atoms with Crippen LogP contribution >= 0.6 is 0 Å². The molecule has 2 fully saturated rings. The average molecular weight is 323 g/mol. The van der Waals surface area contributed by atoms with Crippen molar-refractivity contribution in [3.05, 3.63) is 0 Å². The van der Waals surface area contributed by atoms with Gasteiger partial charge in [-0.05, 0) is 43.4 Å². The number of carbonyl (C=O) groups excluding carboxylic acids is 1. The Morgan fingerprint density at radius 2 is 1.78 bits per heavy atom. The van der Waals surface area contributed by atoms with Gasteiger partial charge in [0, 0.05) is 11.3 Å². The second-order valence-electron chi connectivity index (χ2n) is 9.05. The number of rotatable bonds is 9. The number of Topliss-reactive ketones (excluding diaryl/α,β-unsaturated/α-hetero) is 1. The van der Waals surface area contributed by atoms with Gasteiger partial charge >= 0.3 is 0 Å². The van der Waals surface area contributed by atoms with Crippen molar-refractivity contribution >= 4 is 5.78 Å². The first-order valence-corrected chi connectivity index (χ1v) is 10.0. The summed E-state index contributed by atoms with van der Waals surface area (Å²) in [5.41, 5.74) is -1.24. The molecule has 0 aromatic rings. The Bertz CT molecular complexity index is 428. The minimum atomic E-state index is -1.08. The van der Waals surface area contributed by atoms with Crippen LogP contribution in [0.4, 0.5) is 0 Å². The molecule has 134 valence electrons. The predicted octanol–water partition coefficient (Wildman–Crippen LogP) is 5.52. The molecule has 23 heavy (non-hydrogen) atoms. The normalized spacial score (nSPS) is 36.3. The van der Waals surface area contributed by atoms with Crippen LogP contribution in [0.25, 0.3) is 0 Å². The van der Waals surface area contributed by atoms with Crippen LogP contribution in [-0.2, 0) is 4.79 Å². The van der Waals surface area contributed by atoms with Gasteiger partial charge in [0.15, 0.2) is 5.78 Å². The lowest BCUT2D eigenvalue weighted by Crippen LogP contribution is -2.55. The number of ketones is 1. The molecule has 0 heterocycles. The van der Waals surface area contributed by atoms with Crippen molar-refractivity contribution in [1.82, 2.24) is 0 Å². The number of hydrogen-bond acceptors (Lipinski definition) is 2. The molecule has 1 N–H and O–H groups in total. The van der Waals surface area contributed by atoms with E-state index in [4.69, 9.17) is 0 Å². The Morgan fingerprint density at radius 3 is 2.26 bits per heavy atom. The van der Waals surface area contributed by atoms with Gasteiger partial charge < -0.3 is 5.11 Å². The van der Waals surface area contributed by atoms with Gasteiger partial charge in [0.25, 0.3) is 0 Å². The van der Waals surface area contributed by atoms with Crippen LogP contribution in [0.2, 0.25) is 0 Å². The summed E-state index contributed by atoms with van der Waals surface area (Å²) in [7, 11) is 0. The van der Waals surface area contributed by atoms with Gasteiger partial charge in [-0.15, -0.1) is 0 Å². The number of aliphatic hydroxyl groups is 1. The molecule has 0 unspecified atom stereocenters. The summed E-state index contributed by atoms with van der Waals surface area (Å²) in [4.78, 5) is 13.4. The number of hydrogen-bond donors (Lipinski definition) is 1. The molecule has 2 rings (SSSR count). The lowest BCUT2D eigenvalue weighted by Gasteiger charge is -2.45. The Morgan fingerprint density at radius 1 is 1.09 bits per heavy atom. The molecule has 0 aliphatic heterocycles. The number of unbranched alkanes of at least 4 members (excludes halogenated alkanes) is 3. The highest BCUT2D eigenvalue weighted by Crippen LogP contribution is 2.70. The van der Waals surface area contributed by atoms with Crippen LogP contribution in [0.15, 0.2) is 0 Å². The molecule has 0 aromatic carbocycles. The van der Waals surface area contributed by atoms with E-state index in [2.05, 4.69) is 34.6 Å². The molecule has 0 radical (unpaired) electrons. The molecule has 2 aliphatic rings. The molecular formula is C21H38O2. The molecule has 0 spiro atoms. The van der Waals surface area contributed by atoms with E-state index >= 15 is 0 Å². The maximum atomic E-state index is 13.4. The molecule has 0 aromatic heterocycles. The summed E-state index contributed by atoms with van der Waals surface area (Å²) in [5, 5.41) is 11.5. The lowest BCUT2D eigenvalue weighted by atomic mass is 9.61. The first-order valence-electron chi connectivity index (χ1n) is 10.0. The maximum absolute atomic E-state index is 13.4. The summed E-state index contributed by atoms with van der Waals surface area (Å²) in [6.45, 7) is 11.1. The first kappa shape index (κ1) is 19.0. The van der Waals surface area contributed by atoms with E-state index in [0.717, 1.165) is 32.1 Å². The Balaban J connectivity index is 2.13. The fourth-order valence-corrected chi connectivity index (χ4v) is 5.56. The second kappa shape index (κ2) is 6.86. The van der Waals surface area contributed by atoms with E-state index < -0.39 is 5.60 Å². The summed E-state index contributed by atoms with van der Waals surface area (Å²) < 4.78 is 0. The minimum Gasteiger partial charge on any atom is -0.381 e. The SMILES string of the molecule is CCCCCC[C@@H](CCC)C(=O)[C@@]1(O)C[C@H]2CC[C@]1(C)C2(C)C. The van der Waals surface area contributed by atoms with Gasteiger partial charge in [-0.2, -0.15) is 0 Å². The highest BCUT2D eigenvalue weighted by molar-refractivity contribution is 5.91. The summed E-state index contributed by atoms with van der Waals surface area (Å²) in [6.07, 6.45) is 10.6. The summed E-state index contributed by atoms with van der Waals surface area (Å²) in [5.74, 6) is 0.742. The molecule has 2 aliphatic carbocycles. The maximum Gasteiger partial charge on any atom is 0.167 e. The standard InChI is InChI=1S/C21H38O2/c1-6-8-9-10-12-16(11-7-2)18(22)21(23)15-17-13-14-20(21,5)19(17,3)4/h16-17,23H,6-15H2,1-5H3/t16-,17-,20-,21+/m1/s1. The number of fused-ring (bicyclic) bond motifs is 2. The first-order chi connectivity index (χ1) is 10.7. The van der Waals surface area contributed by atoms with Crippen LogP contribution < -0.4 is 0 Å². The van der Waals surface area contributed by atoms with Gasteiger partial charge in [-0.1, -0.05) is 66.7 Å². The monoisotopic (exact) mass is 322 g/mol. The largest absolute Gasteiger partial charge is 0.381 e. The molecular weight excluding hydrogens is 284 g/mol. The summed E-state index contributed by atoms with van der Waals surface area (Å²) >= 11 is 0. The third-order valence-corrected chi connectivity index (χ3v) is 7.71. The minimum absolute atomic E-state index is 0.0637. The van der Waals surface area contributed by atoms with E-state index in [0.29, 0.717) is 12.3 Å². The van der Waals surface area contributed by atoms with Gasteiger partial charge in [-0.25, -0.2) is 0 Å². The fraction of sp³-hybridized carbons (Fsp3) is 0.952. The van der Waals surface area contributed by atoms with Crippen molar-refractivity contribution in [2.45, 2.75) is 104 Å². The smallest absolute Gasteiger partial charge is 0.167 e. The topological polar surface area (TPSA) is 37.3 Å². The van der Waals surface area contributed by atoms with Crippen LogP contribution in [-0.4, -0.2) is 16.5 Å². The highest BCUT2D eigenvalue weighted by atomic mass is 16.3. The Hall–Kier alpha value is -0.370. The van der Waals surface area contributed by atoms with Crippen molar-refractivity contribution in [2.75, 3.05) is 0 Å². The van der Waals surface area contributed by atoms with Gasteiger partial charge in [0.2, 0.25) is 0 Å². The zero-order valence-electron chi connectivity index (χ0n) is 16.1. The van der Waals surface area contributed by atoms with Crippen LogP contribution in [0.3, 0.4) is 0 Å². The summed E-state index contributed by atoms with van der Waals surface area (Å²) in [6, 6.07) is 0. The third-order valence-electron chi connectivity index (χ3n) is 7.71. The molecule has 0 amide bonds. The van der Waals surface area contributed by atoms with Gasteiger partial charge in [0.05, 0.1) is 0 Å². The Kier molecular flexibility index (Phi) is 5.66. The van der Waals surface area contributed by atoms with Crippen LogP contribution in [0.1, 0.15) is 98.8 Å². The fourth-order valence-electron chi connectivity index (χ4n) is 5.56. The third kappa shape index (κ3) is 2.90. The van der Waals surface area contributed by atoms with Crippen molar-refractivity contribution < 1.29 is 9.90 Å². The second-order valence-corrected chi connectivity index (χ2v) is 9.05. The molecule has 2 nitrogen and oxygen atoms in total. The zero-order chi connectivity index (χ0) is 17.3. The lowest BCUT2D eigenvalue weighted by molar-refractivity contribution is -0.160. The predicted molar refractivity (Wildman–Crippen MR) is 96.3 cm³/mol. The van der Waals surface area contributed by atoms with E-state index in [1.807, 2.05) is 0 Å². The van der Waals surface area contributed by atoms with Crippen LogP contribution in [0, 0.1) is 22.7 Å². The van der Waals surface area contributed by atoms with E-state index in [1.54, 1.807) is 0 Å². The van der Waals surface area contributed by atoms with E-state index in [9.17, 15) is 9.90 Å².